The van der Waals surface area contributed by atoms with Gasteiger partial charge in [0.1, 0.15) is 0 Å². The molecule has 1 fully saturated rings. The number of hydrogen-bond donors (Lipinski definition) is 1. The van der Waals surface area contributed by atoms with Crippen LogP contribution >= 0.6 is 0 Å². The highest BCUT2D eigenvalue weighted by molar-refractivity contribution is 5.93. The van der Waals surface area contributed by atoms with Gasteiger partial charge in [-0.25, -0.2) is 4.79 Å². The topological polar surface area (TPSA) is 57.6 Å². The maximum absolute atomic E-state index is 11.4. The second-order valence-electron chi connectivity index (χ2n) is 3.70. The van der Waals surface area contributed by atoms with Gasteiger partial charge in [-0.05, 0) is 25.7 Å². The molecule has 1 N–H and O–H groups in total. The van der Waals surface area contributed by atoms with E-state index in [9.17, 15) is 9.59 Å². The molecule has 0 radical (unpaired) electrons. The first-order chi connectivity index (χ1) is 6.52. The first-order valence-electron chi connectivity index (χ1n) is 4.70. The number of rotatable bonds is 4. The van der Waals surface area contributed by atoms with Crippen LogP contribution in [0.5, 0.6) is 0 Å². The normalized spacial score (nSPS) is 18.1. The van der Waals surface area contributed by atoms with E-state index in [1.54, 1.807) is 11.9 Å². The summed E-state index contributed by atoms with van der Waals surface area (Å²) in [6, 6.07) is 0.209. The largest absolute Gasteiger partial charge is 0.478 e. The summed E-state index contributed by atoms with van der Waals surface area (Å²) in [6.45, 7) is 1.99. The number of amides is 1. The Morgan fingerprint density at radius 3 is 2.43 bits per heavy atom. The Labute approximate surface area is 83.2 Å². The molecule has 1 rings (SSSR count). The third-order valence-electron chi connectivity index (χ3n) is 2.63. The molecule has 0 saturated heterocycles. The van der Waals surface area contributed by atoms with E-state index in [1.165, 1.54) is 12.8 Å². The zero-order valence-corrected chi connectivity index (χ0v) is 8.43. The number of aliphatic carboxylic acids is 1. The lowest BCUT2D eigenvalue weighted by atomic mass is 10.2. The fraction of sp³-hybridized carbons (Fsp3) is 0.600. The van der Waals surface area contributed by atoms with Crippen LogP contribution in [0.4, 0.5) is 0 Å². The molecule has 1 unspecified atom stereocenters. The number of carboxylic acid groups (broad SMARTS) is 1. The van der Waals surface area contributed by atoms with Gasteiger partial charge in [0, 0.05) is 25.2 Å². The van der Waals surface area contributed by atoms with Gasteiger partial charge in [-0.2, -0.15) is 0 Å². The van der Waals surface area contributed by atoms with Crippen molar-refractivity contribution >= 4 is 11.9 Å². The molecule has 0 aliphatic heterocycles. The molecule has 1 saturated carbocycles. The molecule has 14 heavy (non-hydrogen) atoms. The van der Waals surface area contributed by atoms with Crippen molar-refractivity contribution in [3.05, 3.63) is 12.2 Å². The van der Waals surface area contributed by atoms with E-state index >= 15 is 0 Å². The SMILES string of the molecule is CC(C1CC1)N(C)C(=O)/C=C/C(=O)O. The number of carbonyl (C=O) groups excluding carboxylic acids is 1. The molecule has 0 bridgehead atoms. The van der Waals surface area contributed by atoms with Crippen LogP contribution in [-0.4, -0.2) is 35.0 Å². The van der Waals surface area contributed by atoms with Gasteiger partial charge in [0.05, 0.1) is 0 Å². The molecule has 78 valence electrons. The average Bonchev–Trinajstić information content (AvgIpc) is 2.94. The Balaban J connectivity index is 2.46. The van der Waals surface area contributed by atoms with Crippen LogP contribution < -0.4 is 0 Å². The molecule has 0 spiro atoms. The van der Waals surface area contributed by atoms with E-state index in [-0.39, 0.29) is 11.9 Å². The Bertz CT molecular complexity index is 269. The quantitative estimate of drug-likeness (QED) is 0.681. The minimum atomic E-state index is -1.09. The molecule has 1 aliphatic rings. The van der Waals surface area contributed by atoms with Crippen LogP contribution in [0.1, 0.15) is 19.8 Å². The second-order valence-corrected chi connectivity index (χ2v) is 3.70. The highest BCUT2D eigenvalue weighted by atomic mass is 16.4. The zero-order valence-electron chi connectivity index (χ0n) is 8.43. The van der Waals surface area contributed by atoms with Gasteiger partial charge in [0.25, 0.3) is 0 Å². The van der Waals surface area contributed by atoms with Crippen molar-refractivity contribution in [2.75, 3.05) is 7.05 Å². The molecule has 4 heteroatoms. The summed E-state index contributed by atoms with van der Waals surface area (Å²) in [5.41, 5.74) is 0. The monoisotopic (exact) mass is 197 g/mol. The molecule has 0 aromatic carbocycles. The number of carboxylic acids is 1. The number of carbonyl (C=O) groups is 2. The van der Waals surface area contributed by atoms with Crippen molar-refractivity contribution in [3.8, 4) is 0 Å². The molecular formula is C10H15NO3. The predicted octanol–water partition coefficient (Wildman–Crippen LogP) is 0.884. The molecule has 1 atom stereocenters. The summed E-state index contributed by atoms with van der Waals surface area (Å²) >= 11 is 0. The number of hydrogen-bond acceptors (Lipinski definition) is 2. The number of likely N-dealkylation sites (N-methyl/N-ethyl adjacent to an activating group) is 1. The summed E-state index contributed by atoms with van der Waals surface area (Å²) in [6.07, 6.45) is 4.31. The first kappa shape index (κ1) is 10.8. The fourth-order valence-electron chi connectivity index (χ4n) is 1.36. The Kier molecular flexibility index (Phi) is 3.28. The fourth-order valence-corrected chi connectivity index (χ4v) is 1.36. The van der Waals surface area contributed by atoms with Crippen LogP contribution in [0.2, 0.25) is 0 Å². The smallest absolute Gasteiger partial charge is 0.328 e. The van der Waals surface area contributed by atoms with Gasteiger partial charge in [0.15, 0.2) is 0 Å². The van der Waals surface area contributed by atoms with Crippen molar-refractivity contribution in [1.29, 1.82) is 0 Å². The van der Waals surface area contributed by atoms with Gasteiger partial charge in [0.2, 0.25) is 5.91 Å². The molecule has 4 nitrogen and oxygen atoms in total. The minimum Gasteiger partial charge on any atom is -0.478 e. The third-order valence-corrected chi connectivity index (χ3v) is 2.63. The maximum atomic E-state index is 11.4. The van der Waals surface area contributed by atoms with Crippen molar-refractivity contribution in [2.24, 2.45) is 5.92 Å². The van der Waals surface area contributed by atoms with Gasteiger partial charge in [-0.1, -0.05) is 0 Å². The van der Waals surface area contributed by atoms with E-state index in [4.69, 9.17) is 5.11 Å². The van der Waals surface area contributed by atoms with Crippen molar-refractivity contribution in [3.63, 3.8) is 0 Å². The second kappa shape index (κ2) is 4.26. The van der Waals surface area contributed by atoms with Gasteiger partial charge >= 0.3 is 5.97 Å². The van der Waals surface area contributed by atoms with E-state index in [0.29, 0.717) is 5.92 Å². The van der Waals surface area contributed by atoms with Crippen LogP contribution in [0.25, 0.3) is 0 Å². The lowest BCUT2D eigenvalue weighted by Crippen LogP contribution is -2.35. The average molecular weight is 197 g/mol. The summed E-state index contributed by atoms with van der Waals surface area (Å²) in [4.78, 5) is 23.2. The lowest BCUT2D eigenvalue weighted by Gasteiger charge is -2.23. The van der Waals surface area contributed by atoms with E-state index in [1.807, 2.05) is 6.92 Å². The van der Waals surface area contributed by atoms with E-state index < -0.39 is 5.97 Å². The maximum Gasteiger partial charge on any atom is 0.328 e. The predicted molar refractivity (Wildman–Crippen MR) is 51.7 cm³/mol. The van der Waals surface area contributed by atoms with Crippen LogP contribution in [0.3, 0.4) is 0 Å². The summed E-state index contributed by atoms with van der Waals surface area (Å²) in [5, 5.41) is 8.35. The van der Waals surface area contributed by atoms with Crippen LogP contribution in [0, 0.1) is 5.92 Å². The third kappa shape index (κ3) is 2.87. The highest BCUT2D eigenvalue weighted by Crippen LogP contribution is 2.34. The zero-order chi connectivity index (χ0) is 10.7. The van der Waals surface area contributed by atoms with Gasteiger partial charge in [-0.3, -0.25) is 4.79 Å². The minimum absolute atomic E-state index is 0.209. The highest BCUT2D eigenvalue weighted by Gasteiger charge is 2.31. The molecule has 0 aromatic heterocycles. The lowest BCUT2D eigenvalue weighted by molar-refractivity contribution is -0.132. The molecule has 1 amide bonds. The summed E-state index contributed by atoms with van der Waals surface area (Å²) in [5.74, 6) is -0.736. The van der Waals surface area contributed by atoms with Crippen LogP contribution in [-0.2, 0) is 9.59 Å². The molecular weight excluding hydrogens is 182 g/mol. The number of nitrogens with zero attached hydrogens (tertiary/aromatic N) is 1. The van der Waals surface area contributed by atoms with Crippen molar-refractivity contribution in [1.82, 2.24) is 4.90 Å². The molecule has 0 aromatic rings. The summed E-state index contributed by atoms with van der Waals surface area (Å²) < 4.78 is 0. The first-order valence-corrected chi connectivity index (χ1v) is 4.70. The van der Waals surface area contributed by atoms with Gasteiger partial charge < -0.3 is 10.0 Å². The van der Waals surface area contributed by atoms with E-state index in [0.717, 1.165) is 12.2 Å². The molecule has 1 aliphatic carbocycles. The Hall–Kier alpha value is -1.32. The van der Waals surface area contributed by atoms with Crippen LogP contribution in [0.15, 0.2) is 12.2 Å². The van der Waals surface area contributed by atoms with Crippen molar-refractivity contribution < 1.29 is 14.7 Å². The van der Waals surface area contributed by atoms with Gasteiger partial charge in [-0.15, -0.1) is 0 Å². The Morgan fingerprint density at radius 2 is 2.00 bits per heavy atom. The standard InChI is InChI=1S/C10H15NO3/c1-7(8-3-4-8)11(2)9(12)5-6-10(13)14/h5-8H,3-4H2,1-2H3,(H,13,14)/b6-5+. The summed E-state index contributed by atoms with van der Waals surface area (Å²) in [7, 11) is 1.71. The molecule has 0 heterocycles. The van der Waals surface area contributed by atoms with E-state index in [2.05, 4.69) is 0 Å². The van der Waals surface area contributed by atoms with Crippen molar-refractivity contribution in [2.45, 2.75) is 25.8 Å². The Morgan fingerprint density at radius 1 is 1.43 bits per heavy atom.